The lowest BCUT2D eigenvalue weighted by molar-refractivity contribution is 0.0714. The van der Waals surface area contributed by atoms with Crippen LogP contribution in [0, 0.1) is 0 Å². The minimum absolute atomic E-state index is 0.161. The SMILES string of the molecule is COc1cccc(C2=NN(C(=O)c3cccs3)[C@@H](c3ccccc3O)C2)c1. The van der Waals surface area contributed by atoms with Gasteiger partial charge < -0.3 is 9.84 Å². The van der Waals surface area contributed by atoms with Gasteiger partial charge in [-0.25, -0.2) is 5.01 Å². The van der Waals surface area contributed by atoms with Gasteiger partial charge in [-0.1, -0.05) is 36.4 Å². The normalized spacial score (nSPS) is 16.3. The molecule has 4 rings (SSSR count). The number of para-hydroxylation sites is 1. The molecule has 1 aromatic heterocycles. The van der Waals surface area contributed by atoms with E-state index < -0.39 is 0 Å². The third-order valence-corrected chi connectivity index (χ3v) is 5.41. The zero-order valence-electron chi connectivity index (χ0n) is 14.7. The molecule has 0 aliphatic carbocycles. The molecule has 1 N–H and O–H groups in total. The number of rotatable bonds is 4. The van der Waals surface area contributed by atoms with E-state index in [2.05, 4.69) is 5.10 Å². The highest BCUT2D eigenvalue weighted by Gasteiger charge is 2.35. The topological polar surface area (TPSA) is 62.1 Å². The van der Waals surface area contributed by atoms with Gasteiger partial charge in [-0.05, 0) is 29.6 Å². The number of phenols is 1. The first-order valence-corrected chi connectivity index (χ1v) is 9.42. The molecule has 0 spiro atoms. The van der Waals surface area contributed by atoms with E-state index in [9.17, 15) is 9.90 Å². The summed E-state index contributed by atoms with van der Waals surface area (Å²) in [5, 5.41) is 18.3. The largest absolute Gasteiger partial charge is 0.508 e. The summed E-state index contributed by atoms with van der Waals surface area (Å²) in [6.45, 7) is 0. The van der Waals surface area contributed by atoms with E-state index in [1.54, 1.807) is 25.3 Å². The summed E-state index contributed by atoms with van der Waals surface area (Å²) in [5.74, 6) is 0.724. The summed E-state index contributed by atoms with van der Waals surface area (Å²) in [5.41, 5.74) is 2.37. The second-order valence-corrected chi connectivity index (χ2v) is 7.13. The third kappa shape index (κ3) is 3.31. The van der Waals surface area contributed by atoms with Crippen LogP contribution in [0.4, 0.5) is 0 Å². The van der Waals surface area contributed by atoms with Crippen molar-refractivity contribution in [1.29, 1.82) is 0 Å². The molecule has 0 bridgehead atoms. The number of carbonyl (C=O) groups is 1. The van der Waals surface area contributed by atoms with Crippen LogP contribution in [0.25, 0.3) is 0 Å². The second-order valence-electron chi connectivity index (χ2n) is 6.18. The summed E-state index contributed by atoms with van der Waals surface area (Å²) in [6.07, 6.45) is 0.516. The smallest absolute Gasteiger partial charge is 0.284 e. The Morgan fingerprint density at radius 3 is 2.78 bits per heavy atom. The van der Waals surface area contributed by atoms with Gasteiger partial charge in [0.2, 0.25) is 0 Å². The molecule has 5 nitrogen and oxygen atoms in total. The second kappa shape index (κ2) is 7.25. The van der Waals surface area contributed by atoms with Crippen molar-refractivity contribution >= 4 is 23.0 Å². The van der Waals surface area contributed by atoms with Gasteiger partial charge >= 0.3 is 0 Å². The lowest BCUT2D eigenvalue weighted by Gasteiger charge is -2.22. The van der Waals surface area contributed by atoms with Crippen LogP contribution in [0.15, 0.2) is 71.1 Å². The molecule has 0 saturated carbocycles. The molecular formula is C21H18N2O3S. The van der Waals surface area contributed by atoms with Crippen molar-refractivity contribution in [2.45, 2.75) is 12.5 Å². The molecule has 0 saturated heterocycles. The van der Waals surface area contributed by atoms with Crippen LogP contribution in [0.3, 0.4) is 0 Å². The van der Waals surface area contributed by atoms with Crippen molar-refractivity contribution in [2.75, 3.05) is 7.11 Å². The van der Waals surface area contributed by atoms with Gasteiger partial charge in [0.05, 0.1) is 23.7 Å². The van der Waals surface area contributed by atoms with Crippen LogP contribution in [0.1, 0.15) is 33.3 Å². The quantitative estimate of drug-likeness (QED) is 0.729. The van der Waals surface area contributed by atoms with Crippen LogP contribution >= 0.6 is 11.3 Å². The summed E-state index contributed by atoms with van der Waals surface area (Å²) in [7, 11) is 1.62. The van der Waals surface area contributed by atoms with E-state index in [-0.39, 0.29) is 17.7 Å². The van der Waals surface area contributed by atoms with E-state index in [4.69, 9.17) is 4.74 Å². The van der Waals surface area contributed by atoms with E-state index in [0.29, 0.717) is 16.9 Å². The van der Waals surface area contributed by atoms with Gasteiger partial charge in [0.25, 0.3) is 5.91 Å². The van der Waals surface area contributed by atoms with Crippen LogP contribution in [0.2, 0.25) is 0 Å². The van der Waals surface area contributed by atoms with E-state index in [0.717, 1.165) is 17.0 Å². The fraction of sp³-hybridized carbons (Fsp3) is 0.143. The fourth-order valence-electron chi connectivity index (χ4n) is 3.20. The number of amides is 1. The summed E-state index contributed by atoms with van der Waals surface area (Å²) >= 11 is 1.38. The van der Waals surface area contributed by atoms with Crippen molar-refractivity contribution in [3.05, 3.63) is 82.0 Å². The maximum Gasteiger partial charge on any atom is 0.284 e. The first-order chi connectivity index (χ1) is 13.2. The predicted molar refractivity (Wildman–Crippen MR) is 105 cm³/mol. The molecule has 1 atom stereocenters. The molecule has 0 fully saturated rings. The van der Waals surface area contributed by atoms with Crippen molar-refractivity contribution in [2.24, 2.45) is 5.10 Å². The number of ether oxygens (including phenoxy) is 1. The Balaban J connectivity index is 1.75. The molecular weight excluding hydrogens is 360 g/mol. The van der Waals surface area contributed by atoms with Crippen LogP contribution in [-0.4, -0.2) is 28.8 Å². The molecule has 1 aliphatic rings. The van der Waals surface area contributed by atoms with Gasteiger partial charge in [0.15, 0.2) is 0 Å². The van der Waals surface area contributed by atoms with Crippen molar-refractivity contribution in [3.63, 3.8) is 0 Å². The van der Waals surface area contributed by atoms with E-state index in [1.165, 1.54) is 16.3 Å². The minimum Gasteiger partial charge on any atom is -0.508 e. The standard InChI is InChI=1S/C21H18N2O3S/c1-26-15-7-4-6-14(12-15)17-13-18(16-8-2-3-9-19(16)24)23(22-17)21(25)20-10-5-11-27-20/h2-12,18,24H,13H2,1H3/t18-/m1/s1. The van der Waals surface area contributed by atoms with Gasteiger partial charge in [-0.3, -0.25) is 4.79 Å². The number of phenolic OH excluding ortho intramolecular Hbond substituents is 1. The number of benzene rings is 2. The third-order valence-electron chi connectivity index (χ3n) is 4.55. The Kier molecular flexibility index (Phi) is 4.64. The Morgan fingerprint density at radius 1 is 1.19 bits per heavy atom. The molecule has 2 aromatic carbocycles. The van der Waals surface area contributed by atoms with Crippen LogP contribution in [0.5, 0.6) is 11.5 Å². The van der Waals surface area contributed by atoms with Crippen molar-refractivity contribution in [3.8, 4) is 11.5 Å². The summed E-state index contributed by atoms with van der Waals surface area (Å²) < 4.78 is 5.30. The highest BCUT2D eigenvalue weighted by atomic mass is 32.1. The number of aromatic hydroxyl groups is 1. The Bertz CT molecular complexity index is 998. The average molecular weight is 378 g/mol. The first kappa shape index (κ1) is 17.3. The average Bonchev–Trinajstić information content (AvgIpc) is 3.38. The molecule has 3 aromatic rings. The number of hydrogen-bond acceptors (Lipinski definition) is 5. The molecule has 1 aliphatic heterocycles. The molecule has 0 radical (unpaired) electrons. The number of carbonyl (C=O) groups excluding carboxylic acids is 1. The highest BCUT2D eigenvalue weighted by molar-refractivity contribution is 7.12. The maximum absolute atomic E-state index is 13.0. The van der Waals surface area contributed by atoms with Gasteiger partial charge in [-0.2, -0.15) is 5.10 Å². The number of methoxy groups -OCH3 is 1. The van der Waals surface area contributed by atoms with Crippen molar-refractivity contribution in [1.82, 2.24) is 5.01 Å². The number of hydrazone groups is 1. The lowest BCUT2D eigenvalue weighted by Crippen LogP contribution is -2.26. The van der Waals surface area contributed by atoms with E-state index >= 15 is 0 Å². The Morgan fingerprint density at radius 2 is 2.04 bits per heavy atom. The minimum atomic E-state index is -0.359. The molecule has 136 valence electrons. The summed E-state index contributed by atoms with van der Waals surface area (Å²) in [6, 6.07) is 18.0. The maximum atomic E-state index is 13.0. The monoisotopic (exact) mass is 378 g/mol. The number of nitrogens with zero attached hydrogens (tertiary/aromatic N) is 2. The molecule has 27 heavy (non-hydrogen) atoms. The molecule has 6 heteroatoms. The summed E-state index contributed by atoms with van der Waals surface area (Å²) in [4.78, 5) is 13.6. The first-order valence-electron chi connectivity index (χ1n) is 8.54. The van der Waals surface area contributed by atoms with Gasteiger partial charge in [-0.15, -0.1) is 11.3 Å². The predicted octanol–water partition coefficient (Wildman–Crippen LogP) is 4.45. The molecule has 1 amide bonds. The molecule has 2 heterocycles. The van der Waals surface area contributed by atoms with Crippen LogP contribution < -0.4 is 4.74 Å². The Labute approximate surface area is 161 Å². The van der Waals surface area contributed by atoms with E-state index in [1.807, 2.05) is 47.8 Å². The zero-order chi connectivity index (χ0) is 18.8. The van der Waals surface area contributed by atoms with Gasteiger partial charge in [0, 0.05) is 17.5 Å². The lowest BCUT2D eigenvalue weighted by atomic mass is 9.97. The zero-order valence-corrected chi connectivity index (χ0v) is 15.5. The Hall–Kier alpha value is -3.12. The van der Waals surface area contributed by atoms with Crippen LogP contribution in [-0.2, 0) is 0 Å². The fourth-order valence-corrected chi connectivity index (χ4v) is 3.85. The highest BCUT2D eigenvalue weighted by Crippen LogP contribution is 2.38. The van der Waals surface area contributed by atoms with Crippen molar-refractivity contribution < 1.29 is 14.6 Å². The number of hydrogen-bond donors (Lipinski definition) is 1. The van der Waals surface area contributed by atoms with Gasteiger partial charge in [0.1, 0.15) is 11.5 Å². The molecule has 0 unspecified atom stereocenters. The number of thiophene rings is 1.